The number of carbonyl (C=O) groups is 2. The third-order valence-electron chi connectivity index (χ3n) is 6.34. The molecule has 0 spiro atoms. The monoisotopic (exact) mass is 441 g/mol. The van der Waals surface area contributed by atoms with Crippen LogP contribution in [0.3, 0.4) is 0 Å². The number of thiophene rings is 1. The molecule has 8 heteroatoms. The quantitative estimate of drug-likeness (QED) is 0.489. The molecule has 1 aliphatic heterocycles. The number of likely N-dealkylation sites (N-methyl/N-ethyl adjacent to an activating group) is 1. The lowest BCUT2D eigenvalue weighted by Crippen LogP contribution is -2.46. The molecular formula is C23H31N5O2S. The van der Waals surface area contributed by atoms with Crippen molar-refractivity contribution in [3.63, 3.8) is 0 Å². The highest BCUT2D eigenvalue weighted by Gasteiger charge is 2.25. The van der Waals surface area contributed by atoms with Crippen molar-refractivity contribution < 1.29 is 9.59 Å². The second-order valence-electron chi connectivity index (χ2n) is 8.28. The number of benzene rings is 1. The molecule has 2 aromatic rings. The van der Waals surface area contributed by atoms with Crippen LogP contribution in [0.2, 0.25) is 0 Å². The van der Waals surface area contributed by atoms with E-state index in [9.17, 15) is 9.59 Å². The van der Waals surface area contributed by atoms with Crippen LogP contribution in [0.15, 0.2) is 18.2 Å². The molecule has 0 unspecified atom stereocenters. The first-order chi connectivity index (χ1) is 15.0. The topological polar surface area (TPSA) is 105 Å². The highest BCUT2D eigenvalue weighted by atomic mass is 32.1. The van der Waals surface area contributed by atoms with Crippen molar-refractivity contribution in [2.75, 3.05) is 48.7 Å². The van der Waals surface area contributed by atoms with Crippen molar-refractivity contribution in [3.05, 3.63) is 39.8 Å². The van der Waals surface area contributed by atoms with Crippen LogP contribution in [0.1, 0.15) is 57.3 Å². The number of piperazine rings is 1. The van der Waals surface area contributed by atoms with Gasteiger partial charge >= 0.3 is 0 Å². The number of rotatable bonds is 5. The van der Waals surface area contributed by atoms with E-state index < -0.39 is 5.91 Å². The number of nitrogens with zero attached hydrogens (tertiary/aromatic N) is 2. The van der Waals surface area contributed by atoms with Gasteiger partial charge < -0.3 is 26.6 Å². The van der Waals surface area contributed by atoms with Crippen LogP contribution < -0.4 is 21.7 Å². The van der Waals surface area contributed by atoms with Gasteiger partial charge in [-0.2, -0.15) is 0 Å². The Labute approximate surface area is 187 Å². The lowest BCUT2D eigenvalue weighted by molar-refractivity contribution is 0.100. The fraction of sp³-hybridized carbons (Fsp3) is 0.478. The van der Waals surface area contributed by atoms with Gasteiger partial charge in [0.2, 0.25) is 0 Å². The van der Waals surface area contributed by atoms with E-state index in [1.165, 1.54) is 16.2 Å². The van der Waals surface area contributed by atoms with Crippen LogP contribution >= 0.6 is 11.3 Å². The fourth-order valence-electron chi connectivity index (χ4n) is 4.56. The molecule has 1 aromatic carbocycles. The van der Waals surface area contributed by atoms with Gasteiger partial charge in [-0.3, -0.25) is 9.59 Å². The maximum absolute atomic E-state index is 13.0. The van der Waals surface area contributed by atoms with Crippen molar-refractivity contribution >= 4 is 39.5 Å². The number of anilines is 3. The minimum atomic E-state index is -0.476. The van der Waals surface area contributed by atoms with Crippen LogP contribution in [0, 0.1) is 0 Å². The Morgan fingerprint density at radius 2 is 1.84 bits per heavy atom. The van der Waals surface area contributed by atoms with E-state index in [-0.39, 0.29) is 5.91 Å². The second kappa shape index (κ2) is 9.28. The number of nitrogen functional groups attached to an aromatic ring is 1. The summed E-state index contributed by atoms with van der Waals surface area (Å²) < 4.78 is 0. The van der Waals surface area contributed by atoms with Gasteiger partial charge in [0, 0.05) is 36.6 Å². The van der Waals surface area contributed by atoms with Crippen LogP contribution in [-0.4, -0.2) is 49.4 Å². The average molecular weight is 442 g/mol. The zero-order valence-electron chi connectivity index (χ0n) is 18.1. The van der Waals surface area contributed by atoms with Gasteiger partial charge in [0.1, 0.15) is 5.00 Å². The molecule has 166 valence electrons. The maximum Gasteiger partial charge on any atom is 0.256 e. The van der Waals surface area contributed by atoms with E-state index >= 15 is 0 Å². The number of amides is 2. The number of fused-ring (bicyclic) bond motifs is 1. The Morgan fingerprint density at radius 1 is 1.10 bits per heavy atom. The summed E-state index contributed by atoms with van der Waals surface area (Å²) in [5.41, 5.74) is 15.5. The molecule has 4 rings (SSSR count). The molecule has 0 bridgehead atoms. The number of nitrogens with two attached hydrogens (primary N) is 2. The van der Waals surface area contributed by atoms with Crippen molar-refractivity contribution in [2.45, 2.75) is 39.0 Å². The summed E-state index contributed by atoms with van der Waals surface area (Å²) >= 11 is 1.48. The third-order valence-corrected chi connectivity index (χ3v) is 7.55. The summed E-state index contributed by atoms with van der Waals surface area (Å²) in [5, 5.41) is 3.49. The van der Waals surface area contributed by atoms with Gasteiger partial charge in [-0.25, -0.2) is 0 Å². The summed E-state index contributed by atoms with van der Waals surface area (Å²) in [6.45, 7) is 7.10. The van der Waals surface area contributed by atoms with Gasteiger partial charge in [0.15, 0.2) is 0 Å². The first kappa shape index (κ1) is 21.6. The molecule has 1 aliphatic carbocycles. The van der Waals surface area contributed by atoms with Crippen molar-refractivity contribution in [3.8, 4) is 0 Å². The Morgan fingerprint density at radius 3 is 2.52 bits per heavy atom. The summed E-state index contributed by atoms with van der Waals surface area (Å²) in [6, 6.07) is 5.44. The molecule has 5 N–H and O–H groups in total. The molecule has 2 aliphatic rings. The molecule has 7 nitrogen and oxygen atoms in total. The molecule has 31 heavy (non-hydrogen) atoms. The number of primary amides is 1. The summed E-state index contributed by atoms with van der Waals surface area (Å²) in [7, 11) is 0. The smallest absolute Gasteiger partial charge is 0.256 e. The summed E-state index contributed by atoms with van der Waals surface area (Å²) in [6.07, 6.45) is 5.07. The lowest BCUT2D eigenvalue weighted by atomic mass is 10.0. The van der Waals surface area contributed by atoms with E-state index in [1.54, 1.807) is 12.1 Å². The van der Waals surface area contributed by atoms with Crippen LogP contribution in [-0.2, 0) is 12.8 Å². The van der Waals surface area contributed by atoms with Gasteiger partial charge in [0.05, 0.1) is 16.9 Å². The minimum absolute atomic E-state index is 0.270. The number of nitrogens with one attached hydrogen (secondary N) is 1. The highest BCUT2D eigenvalue weighted by Crippen LogP contribution is 2.37. The minimum Gasteiger partial charge on any atom is -0.397 e. The number of hydrogen-bond acceptors (Lipinski definition) is 6. The van der Waals surface area contributed by atoms with Crippen molar-refractivity contribution in [1.82, 2.24) is 4.90 Å². The molecule has 2 heterocycles. The predicted molar refractivity (Wildman–Crippen MR) is 127 cm³/mol. The van der Waals surface area contributed by atoms with Crippen LogP contribution in [0.5, 0.6) is 0 Å². The molecule has 2 amide bonds. The van der Waals surface area contributed by atoms with Gasteiger partial charge in [0.25, 0.3) is 11.8 Å². The van der Waals surface area contributed by atoms with Crippen LogP contribution in [0.25, 0.3) is 0 Å². The normalized spacial score (nSPS) is 17.1. The Kier molecular flexibility index (Phi) is 6.48. The zero-order valence-corrected chi connectivity index (χ0v) is 18.9. The number of carbonyl (C=O) groups excluding carboxylic acids is 2. The second-order valence-corrected chi connectivity index (χ2v) is 9.39. The van der Waals surface area contributed by atoms with E-state index in [2.05, 4.69) is 22.0 Å². The molecular weight excluding hydrogens is 410 g/mol. The Bertz CT molecular complexity index is 979. The van der Waals surface area contributed by atoms with Gasteiger partial charge in [-0.05, 0) is 56.0 Å². The van der Waals surface area contributed by atoms with Gasteiger partial charge in [-0.1, -0.05) is 13.3 Å². The SMILES string of the molecule is CCN1CCN(c2ccc(C(=O)Nc3sc4c(c3C(N)=O)CCCCC4)cc2N)CC1. The first-order valence-electron chi connectivity index (χ1n) is 11.1. The Balaban J connectivity index is 1.52. The van der Waals surface area contributed by atoms with E-state index in [1.807, 2.05) is 6.07 Å². The maximum atomic E-state index is 13.0. The Hall–Kier alpha value is -2.58. The van der Waals surface area contributed by atoms with Gasteiger partial charge in [-0.15, -0.1) is 11.3 Å². The van der Waals surface area contributed by atoms with Crippen molar-refractivity contribution in [1.29, 1.82) is 0 Å². The molecule has 1 aromatic heterocycles. The third kappa shape index (κ3) is 4.55. The molecule has 1 saturated heterocycles. The predicted octanol–water partition coefficient (Wildman–Crippen LogP) is 3.09. The molecule has 0 radical (unpaired) electrons. The molecule has 1 fully saturated rings. The standard InChI is InChI=1S/C23H31N5O2S/c1-2-27-10-12-28(13-11-27)18-9-8-15(14-17(18)24)22(30)26-23-20(21(25)29)16-6-4-3-5-7-19(16)31-23/h8-9,14H,2-7,10-13,24H2,1H3,(H2,25,29)(H,26,30). The van der Waals surface area contributed by atoms with Crippen molar-refractivity contribution in [2.24, 2.45) is 5.73 Å². The van der Waals surface area contributed by atoms with E-state index in [4.69, 9.17) is 11.5 Å². The zero-order chi connectivity index (χ0) is 22.0. The summed E-state index contributed by atoms with van der Waals surface area (Å²) in [4.78, 5) is 31.0. The molecule has 0 saturated carbocycles. The highest BCUT2D eigenvalue weighted by molar-refractivity contribution is 7.17. The van der Waals surface area contributed by atoms with Crippen LogP contribution in [0.4, 0.5) is 16.4 Å². The average Bonchev–Trinajstić information content (AvgIpc) is 2.94. The largest absolute Gasteiger partial charge is 0.397 e. The first-order valence-corrected chi connectivity index (χ1v) is 11.9. The lowest BCUT2D eigenvalue weighted by Gasteiger charge is -2.36. The number of hydrogen-bond donors (Lipinski definition) is 3. The fourth-order valence-corrected chi connectivity index (χ4v) is 5.85. The number of aryl methyl sites for hydroxylation is 1. The summed E-state index contributed by atoms with van der Waals surface area (Å²) in [5.74, 6) is -0.747. The van der Waals surface area contributed by atoms with E-state index in [0.717, 1.165) is 76.1 Å². The molecule has 0 atom stereocenters. The van der Waals surface area contributed by atoms with E-state index in [0.29, 0.717) is 21.8 Å².